The lowest BCUT2D eigenvalue weighted by atomic mass is 9.81. The Kier molecular flexibility index (Phi) is 5.83. The molecule has 1 atom stereocenters. The molecule has 0 saturated carbocycles. The van der Waals surface area contributed by atoms with E-state index in [1.54, 1.807) is 0 Å². The normalized spacial score (nSPS) is 13.9. The van der Waals surface area contributed by atoms with E-state index in [1.165, 1.54) is 5.56 Å². The monoisotopic (exact) mass is 248 g/mol. The molecular weight excluding hydrogens is 220 g/mol. The van der Waals surface area contributed by atoms with E-state index in [2.05, 4.69) is 45.1 Å². The van der Waals surface area contributed by atoms with Crippen LogP contribution in [0.3, 0.4) is 0 Å². The van der Waals surface area contributed by atoms with E-state index in [0.29, 0.717) is 11.3 Å². The van der Waals surface area contributed by atoms with Gasteiger partial charge in [-0.3, -0.25) is 0 Å². The lowest BCUT2D eigenvalue weighted by Crippen LogP contribution is -2.34. The molecule has 0 aliphatic rings. The van der Waals surface area contributed by atoms with Crippen molar-refractivity contribution in [2.45, 2.75) is 40.2 Å². The summed E-state index contributed by atoms with van der Waals surface area (Å²) in [6, 6.07) is 10.5. The molecule has 1 rings (SSSR count). The predicted octanol–water partition coefficient (Wildman–Crippen LogP) is 3.35. The fraction of sp³-hybridized carbons (Fsp3) is 0.625. The van der Waals surface area contributed by atoms with Crippen molar-refractivity contribution in [2.75, 3.05) is 13.1 Å². The summed E-state index contributed by atoms with van der Waals surface area (Å²) in [4.78, 5) is 0. The molecule has 2 heteroatoms. The maximum atomic E-state index is 6.16. The third kappa shape index (κ3) is 4.79. The molecule has 0 saturated heterocycles. The molecule has 0 spiro atoms. The average Bonchev–Trinajstić information content (AvgIpc) is 2.35. The maximum Gasteiger partial charge on any atom is 0.0306 e. The van der Waals surface area contributed by atoms with Gasteiger partial charge in [-0.2, -0.15) is 0 Å². The summed E-state index contributed by atoms with van der Waals surface area (Å²) in [5.74, 6) is 0.688. The van der Waals surface area contributed by atoms with Crippen LogP contribution < -0.4 is 11.1 Å². The van der Waals surface area contributed by atoms with E-state index in [9.17, 15) is 0 Å². The number of benzene rings is 1. The van der Waals surface area contributed by atoms with Gasteiger partial charge in [0.05, 0.1) is 0 Å². The van der Waals surface area contributed by atoms with Gasteiger partial charge >= 0.3 is 0 Å². The smallest absolute Gasteiger partial charge is 0.0306 e. The molecule has 0 heterocycles. The zero-order valence-corrected chi connectivity index (χ0v) is 12.2. The van der Waals surface area contributed by atoms with Crippen LogP contribution in [0.4, 0.5) is 0 Å². The minimum atomic E-state index is 0.140. The molecule has 0 fully saturated rings. The van der Waals surface area contributed by atoms with Crippen molar-refractivity contribution < 1.29 is 0 Å². The third-order valence-corrected chi connectivity index (χ3v) is 4.00. The molecule has 0 radical (unpaired) electrons. The highest BCUT2D eigenvalue weighted by atomic mass is 14.9. The van der Waals surface area contributed by atoms with E-state index >= 15 is 0 Å². The van der Waals surface area contributed by atoms with Gasteiger partial charge < -0.3 is 11.1 Å². The highest BCUT2D eigenvalue weighted by molar-refractivity contribution is 5.18. The van der Waals surface area contributed by atoms with Crippen LogP contribution in [0.15, 0.2) is 30.3 Å². The molecule has 0 amide bonds. The predicted molar refractivity (Wildman–Crippen MR) is 79.5 cm³/mol. The van der Waals surface area contributed by atoms with Crippen molar-refractivity contribution in [1.82, 2.24) is 5.32 Å². The van der Waals surface area contributed by atoms with Gasteiger partial charge in [-0.25, -0.2) is 0 Å². The molecule has 2 nitrogen and oxygen atoms in total. The van der Waals surface area contributed by atoms with Crippen LogP contribution in [0.2, 0.25) is 0 Å². The van der Waals surface area contributed by atoms with Gasteiger partial charge in [-0.15, -0.1) is 0 Å². The maximum absolute atomic E-state index is 6.16. The zero-order valence-electron chi connectivity index (χ0n) is 12.2. The fourth-order valence-electron chi connectivity index (χ4n) is 1.74. The molecule has 0 bridgehead atoms. The summed E-state index contributed by atoms with van der Waals surface area (Å²) in [5.41, 5.74) is 7.73. The minimum absolute atomic E-state index is 0.140. The number of nitrogens with two attached hydrogens (primary N) is 1. The number of hydrogen-bond acceptors (Lipinski definition) is 2. The number of nitrogens with one attached hydrogen (secondary N) is 1. The zero-order chi connectivity index (χ0) is 13.6. The van der Waals surface area contributed by atoms with E-state index < -0.39 is 0 Å². The fourth-order valence-corrected chi connectivity index (χ4v) is 1.74. The van der Waals surface area contributed by atoms with Crippen LogP contribution in [0, 0.1) is 11.3 Å². The van der Waals surface area contributed by atoms with Gasteiger partial charge in [0.2, 0.25) is 0 Å². The summed E-state index contributed by atoms with van der Waals surface area (Å²) in [6.07, 6.45) is 0.984. The number of hydrogen-bond donors (Lipinski definition) is 2. The molecule has 1 aromatic rings. The molecule has 102 valence electrons. The van der Waals surface area contributed by atoms with Crippen molar-refractivity contribution in [3.8, 4) is 0 Å². The van der Waals surface area contributed by atoms with Crippen molar-refractivity contribution in [2.24, 2.45) is 17.1 Å². The summed E-state index contributed by atoms with van der Waals surface area (Å²) < 4.78 is 0. The van der Waals surface area contributed by atoms with Gasteiger partial charge in [0.1, 0.15) is 0 Å². The van der Waals surface area contributed by atoms with Gasteiger partial charge in [0.25, 0.3) is 0 Å². The second kappa shape index (κ2) is 6.91. The van der Waals surface area contributed by atoms with E-state index in [1.807, 2.05) is 18.2 Å². The van der Waals surface area contributed by atoms with Crippen molar-refractivity contribution >= 4 is 0 Å². The van der Waals surface area contributed by atoms with Crippen LogP contribution >= 0.6 is 0 Å². The SMILES string of the molecule is CC(C)C(C)(C)CNCCC(N)c1ccccc1. The second-order valence-electron chi connectivity index (χ2n) is 6.13. The van der Waals surface area contributed by atoms with Crippen LogP contribution in [0.25, 0.3) is 0 Å². The Morgan fingerprint density at radius 3 is 2.33 bits per heavy atom. The minimum Gasteiger partial charge on any atom is -0.324 e. The lowest BCUT2D eigenvalue weighted by molar-refractivity contribution is 0.238. The quantitative estimate of drug-likeness (QED) is 0.726. The Morgan fingerprint density at radius 2 is 1.78 bits per heavy atom. The first-order valence-corrected chi connectivity index (χ1v) is 6.94. The molecule has 1 aromatic carbocycles. The highest BCUT2D eigenvalue weighted by Gasteiger charge is 2.21. The van der Waals surface area contributed by atoms with Crippen LogP contribution in [-0.4, -0.2) is 13.1 Å². The van der Waals surface area contributed by atoms with E-state index in [4.69, 9.17) is 5.73 Å². The van der Waals surface area contributed by atoms with Crippen LogP contribution in [0.1, 0.15) is 45.7 Å². The van der Waals surface area contributed by atoms with Crippen molar-refractivity contribution in [1.29, 1.82) is 0 Å². The van der Waals surface area contributed by atoms with Crippen LogP contribution in [-0.2, 0) is 0 Å². The van der Waals surface area contributed by atoms with Gasteiger partial charge in [0, 0.05) is 12.6 Å². The van der Waals surface area contributed by atoms with Crippen molar-refractivity contribution in [3.63, 3.8) is 0 Å². The Hall–Kier alpha value is -0.860. The third-order valence-electron chi connectivity index (χ3n) is 4.00. The van der Waals surface area contributed by atoms with Crippen molar-refractivity contribution in [3.05, 3.63) is 35.9 Å². The standard InChI is InChI=1S/C16H28N2/c1-13(2)16(3,4)12-18-11-10-15(17)14-8-6-5-7-9-14/h5-9,13,15,18H,10-12,17H2,1-4H3. The second-order valence-corrected chi connectivity index (χ2v) is 6.13. The Bertz CT molecular complexity index is 330. The average molecular weight is 248 g/mol. The molecule has 3 N–H and O–H groups in total. The summed E-state index contributed by atoms with van der Waals surface area (Å²) in [5, 5.41) is 3.53. The van der Waals surface area contributed by atoms with Gasteiger partial charge in [-0.1, -0.05) is 58.0 Å². The van der Waals surface area contributed by atoms with E-state index in [-0.39, 0.29) is 6.04 Å². The largest absolute Gasteiger partial charge is 0.324 e. The highest BCUT2D eigenvalue weighted by Crippen LogP contribution is 2.24. The Labute approximate surface area is 112 Å². The molecule has 1 unspecified atom stereocenters. The first-order chi connectivity index (χ1) is 8.43. The first-order valence-electron chi connectivity index (χ1n) is 6.94. The Balaban J connectivity index is 2.27. The Morgan fingerprint density at radius 1 is 1.17 bits per heavy atom. The molecule has 0 aliphatic heterocycles. The summed E-state index contributed by atoms with van der Waals surface area (Å²) in [6.45, 7) is 11.2. The summed E-state index contributed by atoms with van der Waals surface area (Å²) >= 11 is 0. The lowest BCUT2D eigenvalue weighted by Gasteiger charge is -2.29. The molecular formula is C16H28N2. The van der Waals surface area contributed by atoms with Crippen LogP contribution in [0.5, 0.6) is 0 Å². The number of rotatable bonds is 7. The first kappa shape index (κ1) is 15.2. The van der Waals surface area contributed by atoms with Gasteiger partial charge in [-0.05, 0) is 29.9 Å². The topological polar surface area (TPSA) is 38.0 Å². The molecule has 0 aliphatic carbocycles. The molecule has 0 aromatic heterocycles. The molecule has 18 heavy (non-hydrogen) atoms. The van der Waals surface area contributed by atoms with E-state index in [0.717, 1.165) is 19.5 Å². The van der Waals surface area contributed by atoms with Gasteiger partial charge in [0.15, 0.2) is 0 Å². The summed E-state index contributed by atoms with van der Waals surface area (Å²) in [7, 11) is 0.